The van der Waals surface area contributed by atoms with Gasteiger partial charge in [0.2, 0.25) is 0 Å². The molecule has 0 spiro atoms. The SMILES string of the molecule is CCCOCCCNCc1cc(Br)cc(Br)c1OC. The van der Waals surface area contributed by atoms with E-state index in [1.165, 1.54) is 0 Å². The van der Waals surface area contributed by atoms with Gasteiger partial charge in [0, 0.05) is 29.8 Å². The number of benzene rings is 1. The Bertz CT molecular complexity index is 386. The first-order valence-electron chi connectivity index (χ1n) is 6.49. The van der Waals surface area contributed by atoms with Crippen molar-refractivity contribution in [2.24, 2.45) is 0 Å². The first-order valence-corrected chi connectivity index (χ1v) is 8.08. The van der Waals surface area contributed by atoms with Crippen LogP contribution in [0.5, 0.6) is 5.75 Å². The molecule has 0 aromatic heterocycles. The van der Waals surface area contributed by atoms with E-state index >= 15 is 0 Å². The molecule has 0 fully saturated rings. The van der Waals surface area contributed by atoms with Crippen molar-refractivity contribution < 1.29 is 9.47 Å². The van der Waals surface area contributed by atoms with Gasteiger partial charge in [-0.15, -0.1) is 0 Å². The molecule has 3 nitrogen and oxygen atoms in total. The molecule has 0 aliphatic rings. The molecule has 19 heavy (non-hydrogen) atoms. The van der Waals surface area contributed by atoms with Crippen molar-refractivity contribution in [3.05, 3.63) is 26.6 Å². The molecular formula is C14H21Br2NO2. The predicted octanol–water partition coefficient (Wildman–Crippen LogP) is 4.13. The first kappa shape index (κ1) is 17.0. The van der Waals surface area contributed by atoms with E-state index in [9.17, 15) is 0 Å². The van der Waals surface area contributed by atoms with E-state index in [4.69, 9.17) is 9.47 Å². The molecule has 0 aliphatic carbocycles. The highest BCUT2D eigenvalue weighted by Crippen LogP contribution is 2.32. The van der Waals surface area contributed by atoms with Gasteiger partial charge in [-0.1, -0.05) is 22.9 Å². The molecule has 1 rings (SSSR count). The van der Waals surface area contributed by atoms with E-state index in [1.54, 1.807) is 7.11 Å². The summed E-state index contributed by atoms with van der Waals surface area (Å²) in [4.78, 5) is 0. The van der Waals surface area contributed by atoms with Crippen molar-refractivity contribution >= 4 is 31.9 Å². The fraction of sp³-hybridized carbons (Fsp3) is 0.571. The summed E-state index contributed by atoms with van der Waals surface area (Å²) in [6.45, 7) is 5.52. The molecule has 1 N–H and O–H groups in total. The Hall–Kier alpha value is -0.100. The van der Waals surface area contributed by atoms with Crippen LogP contribution >= 0.6 is 31.9 Å². The Kier molecular flexibility index (Phi) is 8.70. The molecule has 5 heteroatoms. The van der Waals surface area contributed by atoms with Crippen molar-refractivity contribution in [1.82, 2.24) is 5.32 Å². The van der Waals surface area contributed by atoms with Crippen LogP contribution < -0.4 is 10.1 Å². The molecule has 0 aliphatic heterocycles. The summed E-state index contributed by atoms with van der Waals surface area (Å²) < 4.78 is 12.9. The molecule has 0 bridgehead atoms. The van der Waals surface area contributed by atoms with Crippen LogP contribution in [0.4, 0.5) is 0 Å². The van der Waals surface area contributed by atoms with E-state index < -0.39 is 0 Å². The van der Waals surface area contributed by atoms with Gasteiger partial charge in [-0.05, 0) is 47.4 Å². The minimum Gasteiger partial charge on any atom is -0.495 e. The maximum absolute atomic E-state index is 5.44. The average Bonchev–Trinajstić information content (AvgIpc) is 2.37. The number of halogens is 2. The van der Waals surface area contributed by atoms with Crippen LogP contribution in [0, 0.1) is 0 Å². The topological polar surface area (TPSA) is 30.5 Å². The number of hydrogen-bond acceptors (Lipinski definition) is 3. The van der Waals surface area contributed by atoms with Gasteiger partial charge in [-0.3, -0.25) is 0 Å². The Morgan fingerprint density at radius 2 is 2.00 bits per heavy atom. The molecule has 108 valence electrons. The molecule has 0 saturated heterocycles. The molecule has 1 aromatic rings. The largest absolute Gasteiger partial charge is 0.495 e. The normalized spacial score (nSPS) is 10.7. The van der Waals surface area contributed by atoms with E-state index in [2.05, 4.69) is 50.2 Å². The number of ether oxygens (including phenoxy) is 2. The zero-order chi connectivity index (χ0) is 14.1. The molecule has 0 heterocycles. The second kappa shape index (κ2) is 9.75. The second-order valence-electron chi connectivity index (χ2n) is 4.22. The second-order valence-corrected chi connectivity index (χ2v) is 5.99. The highest BCUT2D eigenvalue weighted by Gasteiger charge is 2.08. The Morgan fingerprint density at radius 3 is 2.68 bits per heavy atom. The Morgan fingerprint density at radius 1 is 1.21 bits per heavy atom. The maximum atomic E-state index is 5.44. The Balaban J connectivity index is 2.36. The number of rotatable bonds is 9. The van der Waals surface area contributed by atoms with Gasteiger partial charge >= 0.3 is 0 Å². The van der Waals surface area contributed by atoms with Gasteiger partial charge in [-0.25, -0.2) is 0 Å². The summed E-state index contributed by atoms with van der Waals surface area (Å²) in [5, 5.41) is 3.41. The monoisotopic (exact) mass is 393 g/mol. The highest BCUT2D eigenvalue weighted by molar-refractivity contribution is 9.11. The van der Waals surface area contributed by atoms with Crippen LogP contribution in [0.25, 0.3) is 0 Å². The summed E-state index contributed by atoms with van der Waals surface area (Å²) >= 11 is 7.00. The molecule has 0 amide bonds. The third-order valence-corrected chi connectivity index (χ3v) is 3.64. The summed E-state index contributed by atoms with van der Waals surface area (Å²) in [6.07, 6.45) is 2.11. The van der Waals surface area contributed by atoms with Crippen molar-refractivity contribution in [3.8, 4) is 5.75 Å². The summed E-state index contributed by atoms with van der Waals surface area (Å²) in [6, 6.07) is 4.06. The molecule has 0 atom stereocenters. The van der Waals surface area contributed by atoms with Gasteiger partial charge in [0.05, 0.1) is 11.6 Å². The lowest BCUT2D eigenvalue weighted by atomic mass is 10.2. The predicted molar refractivity (Wildman–Crippen MR) is 85.8 cm³/mol. The van der Waals surface area contributed by atoms with Gasteiger partial charge in [0.1, 0.15) is 5.75 Å². The lowest BCUT2D eigenvalue weighted by Crippen LogP contribution is -2.17. The first-order chi connectivity index (χ1) is 9.19. The quantitative estimate of drug-likeness (QED) is 0.639. The van der Waals surface area contributed by atoms with Gasteiger partial charge in [0.15, 0.2) is 0 Å². The molecule has 1 aromatic carbocycles. The molecule has 0 unspecified atom stereocenters. The zero-order valence-corrected chi connectivity index (χ0v) is 14.6. The van der Waals surface area contributed by atoms with Crippen molar-refractivity contribution in [1.29, 1.82) is 0 Å². The third-order valence-electron chi connectivity index (χ3n) is 2.60. The van der Waals surface area contributed by atoms with Crippen LogP contribution in [0.2, 0.25) is 0 Å². The fourth-order valence-electron chi connectivity index (χ4n) is 1.74. The van der Waals surface area contributed by atoms with E-state index in [1.807, 2.05) is 6.07 Å². The minimum atomic E-state index is 0.787. The van der Waals surface area contributed by atoms with E-state index in [0.717, 1.165) is 59.4 Å². The van der Waals surface area contributed by atoms with E-state index in [0.29, 0.717) is 0 Å². The van der Waals surface area contributed by atoms with Crippen molar-refractivity contribution in [2.45, 2.75) is 26.3 Å². The van der Waals surface area contributed by atoms with Crippen LogP contribution in [0.15, 0.2) is 21.1 Å². The van der Waals surface area contributed by atoms with Gasteiger partial charge < -0.3 is 14.8 Å². The summed E-state index contributed by atoms with van der Waals surface area (Å²) in [5.74, 6) is 0.887. The minimum absolute atomic E-state index is 0.787. The van der Waals surface area contributed by atoms with Crippen LogP contribution in [0.1, 0.15) is 25.3 Å². The van der Waals surface area contributed by atoms with Crippen molar-refractivity contribution in [2.75, 3.05) is 26.9 Å². The van der Waals surface area contributed by atoms with Crippen LogP contribution in [0.3, 0.4) is 0 Å². The average molecular weight is 395 g/mol. The molecular weight excluding hydrogens is 374 g/mol. The lowest BCUT2D eigenvalue weighted by Gasteiger charge is -2.12. The standard InChI is InChI=1S/C14H21Br2NO2/c1-3-6-19-7-4-5-17-10-11-8-12(15)9-13(16)14(11)18-2/h8-9,17H,3-7,10H2,1-2H3. The molecule has 0 saturated carbocycles. The fourth-order valence-corrected chi connectivity index (χ4v) is 3.22. The number of nitrogens with one attached hydrogen (secondary N) is 1. The zero-order valence-electron chi connectivity index (χ0n) is 11.5. The molecule has 0 radical (unpaired) electrons. The van der Waals surface area contributed by atoms with Crippen LogP contribution in [-0.2, 0) is 11.3 Å². The lowest BCUT2D eigenvalue weighted by molar-refractivity contribution is 0.132. The van der Waals surface area contributed by atoms with Crippen LogP contribution in [-0.4, -0.2) is 26.9 Å². The van der Waals surface area contributed by atoms with Gasteiger partial charge in [-0.2, -0.15) is 0 Å². The van der Waals surface area contributed by atoms with E-state index in [-0.39, 0.29) is 0 Å². The smallest absolute Gasteiger partial charge is 0.137 e. The number of hydrogen-bond donors (Lipinski definition) is 1. The van der Waals surface area contributed by atoms with Crippen molar-refractivity contribution in [3.63, 3.8) is 0 Å². The number of methoxy groups -OCH3 is 1. The third kappa shape index (κ3) is 6.25. The Labute approximate surface area is 132 Å². The highest BCUT2D eigenvalue weighted by atomic mass is 79.9. The maximum Gasteiger partial charge on any atom is 0.137 e. The summed E-state index contributed by atoms with van der Waals surface area (Å²) in [5.41, 5.74) is 1.14. The van der Waals surface area contributed by atoms with Gasteiger partial charge in [0.25, 0.3) is 0 Å². The summed E-state index contributed by atoms with van der Waals surface area (Å²) in [7, 11) is 1.69.